The van der Waals surface area contributed by atoms with Crippen molar-refractivity contribution in [3.63, 3.8) is 0 Å². The van der Waals surface area contributed by atoms with Crippen LogP contribution in [-0.2, 0) is 18.6 Å². The van der Waals surface area contributed by atoms with Crippen molar-refractivity contribution >= 4 is 37.8 Å². The number of ether oxygens (including phenoxy) is 1. The third-order valence-corrected chi connectivity index (χ3v) is 9.36. The zero-order valence-electron chi connectivity index (χ0n) is 21.7. The fourth-order valence-electron chi connectivity index (χ4n) is 3.74. The molecule has 2 aliphatic heterocycles. The topological polar surface area (TPSA) is 168 Å². The first-order valence-corrected chi connectivity index (χ1v) is 14.9. The van der Waals surface area contributed by atoms with Gasteiger partial charge >= 0.3 is 13.7 Å². The Balaban J connectivity index is 1.68. The Morgan fingerprint density at radius 2 is 1.95 bits per heavy atom. The summed E-state index contributed by atoms with van der Waals surface area (Å²) in [7, 11) is -4.14. The number of guanidine groups is 1. The molecule has 0 spiro atoms. The molecule has 3 rings (SSSR count). The largest absolute Gasteiger partial charge is 0.464 e. The van der Waals surface area contributed by atoms with Crippen LogP contribution in [0.3, 0.4) is 0 Å². The summed E-state index contributed by atoms with van der Waals surface area (Å²) < 4.78 is 30.5. The van der Waals surface area contributed by atoms with E-state index in [-0.39, 0.29) is 36.7 Å². The summed E-state index contributed by atoms with van der Waals surface area (Å²) in [4.78, 5) is 22.0. The van der Waals surface area contributed by atoms with E-state index in [4.69, 9.17) is 19.5 Å². The van der Waals surface area contributed by atoms with Gasteiger partial charge in [0.15, 0.2) is 0 Å². The standard InChI is InChI=1S/C24H36N5O7PS/c1-5-17(6-2)12-34-23(32)15(3)28-37(33,36-18-10-8-7-9-11-18)35-13-19-20(30)21(31)22(38-19)29-14-26-24(25)27-16(29)4/h7-11,14-15,17,19-22,30-31H,4-6,12-13H2,1-3H3,(H2,25,27)(H,28,33)/t15-,19+,20-,21?,22+,37?/m0/s1. The fourth-order valence-corrected chi connectivity index (χ4v) is 6.81. The van der Waals surface area contributed by atoms with Gasteiger partial charge in [0.25, 0.3) is 0 Å². The zero-order valence-corrected chi connectivity index (χ0v) is 23.4. The highest BCUT2D eigenvalue weighted by molar-refractivity contribution is 8.00. The van der Waals surface area contributed by atoms with E-state index < -0.39 is 42.6 Å². The molecular formula is C24H36N5O7PS. The van der Waals surface area contributed by atoms with Crippen LogP contribution in [-0.4, -0.2) is 75.5 Å². The number of para-hydroxylation sites is 1. The first-order valence-electron chi connectivity index (χ1n) is 12.4. The summed E-state index contributed by atoms with van der Waals surface area (Å²) in [5, 5.41) is 22.6. The zero-order chi connectivity index (χ0) is 27.9. The van der Waals surface area contributed by atoms with Gasteiger partial charge < -0.3 is 30.1 Å². The molecule has 38 heavy (non-hydrogen) atoms. The summed E-state index contributed by atoms with van der Waals surface area (Å²) in [6, 6.07) is 7.36. The lowest BCUT2D eigenvalue weighted by Gasteiger charge is -2.29. The molecule has 1 saturated heterocycles. The number of aliphatic hydroxyl groups excluding tert-OH is 2. The number of thioether (sulfide) groups is 1. The third-order valence-electron chi connectivity index (χ3n) is 6.17. The van der Waals surface area contributed by atoms with E-state index in [0.717, 1.165) is 12.8 Å². The van der Waals surface area contributed by atoms with Crippen molar-refractivity contribution < 1.29 is 33.4 Å². The second-order valence-corrected chi connectivity index (χ2v) is 12.0. The number of hydrogen-bond donors (Lipinski definition) is 4. The minimum atomic E-state index is -4.14. The molecule has 0 amide bonds. The molecule has 0 saturated carbocycles. The van der Waals surface area contributed by atoms with Gasteiger partial charge in [-0.2, -0.15) is 10.1 Å². The lowest BCUT2D eigenvalue weighted by Crippen LogP contribution is -2.43. The highest BCUT2D eigenvalue weighted by Crippen LogP contribution is 2.47. The molecular weight excluding hydrogens is 533 g/mol. The van der Waals surface area contributed by atoms with Crippen LogP contribution in [0.15, 0.2) is 52.7 Å². The van der Waals surface area contributed by atoms with Crippen LogP contribution in [0.2, 0.25) is 0 Å². The van der Waals surface area contributed by atoms with Crippen LogP contribution in [0, 0.1) is 5.92 Å². The third kappa shape index (κ3) is 7.81. The van der Waals surface area contributed by atoms with E-state index in [2.05, 4.69) is 21.7 Å². The quantitative estimate of drug-likeness (QED) is 0.203. The number of nitrogens with zero attached hydrogens (tertiary/aromatic N) is 3. The molecule has 14 heteroatoms. The Morgan fingerprint density at radius 3 is 2.58 bits per heavy atom. The maximum Gasteiger partial charge on any atom is 0.459 e. The molecule has 0 radical (unpaired) electrons. The molecule has 2 heterocycles. The number of rotatable bonds is 13. The monoisotopic (exact) mass is 569 g/mol. The lowest BCUT2D eigenvalue weighted by atomic mass is 10.1. The molecule has 2 unspecified atom stereocenters. The number of carbonyl (C=O) groups excluding carboxylic acids is 1. The Morgan fingerprint density at radius 1 is 1.26 bits per heavy atom. The lowest BCUT2D eigenvalue weighted by molar-refractivity contribution is -0.146. The van der Waals surface area contributed by atoms with Gasteiger partial charge in [-0.15, -0.1) is 11.8 Å². The number of hydrogen-bond acceptors (Lipinski definition) is 12. The maximum atomic E-state index is 13.8. The van der Waals surface area contributed by atoms with Crippen molar-refractivity contribution in [1.82, 2.24) is 9.99 Å². The molecule has 1 aromatic carbocycles. The Hall–Kier alpha value is -2.41. The van der Waals surface area contributed by atoms with Crippen molar-refractivity contribution in [3.8, 4) is 5.75 Å². The Kier molecular flexibility index (Phi) is 10.8. The summed E-state index contributed by atoms with van der Waals surface area (Å²) in [5.41, 5.74) is 5.58. The second kappa shape index (κ2) is 13.6. The smallest absolute Gasteiger partial charge is 0.459 e. The Labute approximate surface area is 226 Å². The van der Waals surface area contributed by atoms with E-state index in [9.17, 15) is 19.6 Å². The van der Waals surface area contributed by atoms with E-state index in [1.54, 1.807) is 30.3 Å². The minimum Gasteiger partial charge on any atom is -0.464 e. The number of benzene rings is 1. The van der Waals surface area contributed by atoms with Crippen molar-refractivity contribution in [2.45, 2.75) is 62.5 Å². The van der Waals surface area contributed by atoms with Gasteiger partial charge in [0, 0.05) is 0 Å². The number of aliphatic hydroxyl groups is 2. The summed E-state index contributed by atoms with van der Waals surface area (Å²) in [5.74, 6) is 0.184. The predicted molar refractivity (Wildman–Crippen MR) is 147 cm³/mol. The van der Waals surface area contributed by atoms with E-state index in [1.807, 2.05) is 13.8 Å². The average Bonchev–Trinajstić information content (AvgIpc) is 3.17. The number of nitrogens with two attached hydrogens (primary N) is 1. The molecule has 1 fully saturated rings. The van der Waals surface area contributed by atoms with Crippen molar-refractivity contribution in [2.24, 2.45) is 21.6 Å². The SMILES string of the molecule is C=C1N=C(N)N=CN1[C@@H]1S[C@H](COP(=O)(N[C@@H](C)C(=O)OCC(CC)CC)Oc2ccccc2)[C@H](O)C1O. The van der Waals surface area contributed by atoms with E-state index in [0.29, 0.717) is 0 Å². The second-order valence-electron chi connectivity index (χ2n) is 8.95. The van der Waals surface area contributed by atoms with Gasteiger partial charge in [-0.05, 0) is 25.0 Å². The highest BCUT2D eigenvalue weighted by atomic mass is 32.2. The van der Waals surface area contributed by atoms with Crippen LogP contribution in [0.5, 0.6) is 5.75 Å². The maximum absolute atomic E-state index is 13.8. The van der Waals surface area contributed by atoms with E-state index in [1.165, 1.54) is 29.9 Å². The number of carbonyl (C=O) groups is 1. The molecule has 12 nitrogen and oxygen atoms in total. The van der Waals surface area contributed by atoms with Crippen LogP contribution >= 0.6 is 19.5 Å². The van der Waals surface area contributed by atoms with Crippen LogP contribution < -0.4 is 15.3 Å². The molecule has 2 aliphatic rings. The van der Waals surface area contributed by atoms with Gasteiger partial charge in [0.1, 0.15) is 35.4 Å². The number of nitrogens with one attached hydrogen (secondary N) is 1. The molecule has 1 aromatic rings. The molecule has 6 atom stereocenters. The number of aliphatic imine (C=N–C) groups is 2. The van der Waals surface area contributed by atoms with Crippen molar-refractivity contribution in [3.05, 3.63) is 42.7 Å². The fraction of sp³-hybridized carbons (Fsp3) is 0.542. The number of esters is 1. The molecule has 0 aromatic heterocycles. The predicted octanol–water partition coefficient (Wildman–Crippen LogP) is 2.44. The molecule has 0 aliphatic carbocycles. The van der Waals surface area contributed by atoms with Gasteiger partial charge in [0.05, 0.1) is 24.6 Å². The summed E-state index contributed by atoms with van der Waals surface area (Å²) >= 11 is 1.17. The first-order chi connectivity index (χ1) is 18.1. The van der Waals surface area contributed by atoms with Gasteiger partial charge in [-0.25, -0.2) is 9.56 Å². The summed E-state index contributed by atoms with van der Waals surface area (Å²) in [6.45, 7) is 9.34. The molecule has 5 N–H and O–H groups in total. The van der Waals surface area contributed by atoms with Crippen molar-refractivity contribution in [2.75, 3.05) is 13.2 Å². The average molecular weight is 570 g/mol. The Bertz CT molecular complexity index is 1070. The van der Waals surface area contributed by atoms with Crippen LogP contribution in [0.4, 0.5) is 0 Å². The molecule has 210 valence electrons. The first kappa shape index (κ1) is 30.1. The molecule has 0 bridgehead atoms. The van der Waals surface area contributed by atoms with Gasteiger partial charge in [0.2, 0.25) is 5.96 Å². The van der Waals surface area contributed by atoms with Gasteiger partial charge in [-0.1, -0.05) is 51.5 Å². The minimum absolute atomic E-state index is 0.0294. The summed E-state index contributed by atoms with van der Waals surface area (Å²) in [6.07, 6.45) is 0.667. The van der Waals surface area contributed by atoms with Crippen LogP contribution in [0.25, 0.3) is 0 Å². The highest BCUT2D eigenvalue weighted by Gasteiger charge is 2.47. The van der Waals surface area contributed by atoms with Gasteiger partial charge in [-0.3, -0.25) is 9.32 Å². The van der Waals surface area contributed by atoms with E-state index >= 15 is 0 Å². The van der Waals surface area contributed by atoms with Crippen molar-refractivity contribution in [1.29, 1.82) is 0 Å². The van der Waals surface area contributed by atoms with Crippen LogP contribution in [0.1, 0.15) is 33.6 Å². The normalized spacial score (nSPS) is 25.7.